The predicted octanol–water partition coefficient (Wildman–Crippen LogP) is 3.51. The standard InChI is InChI=1S/C15H13FO2/c1-17-14-7-6-11(16)9-12(14)15-8-10-4-2-3-5-13(10)18-15/h2-7,9,15H,8H2,1H3. The van der Waals surface area contributed by atoms with E-state index in [1.165, 1.54) is 12.1 Å². The highest BCUT2D eigenvalue weighted by molar-refractivity contribution is 5.43. The number of halogens is 1. The average molecular weight is 244 g/mol. The van der Waals surface area contributed by atoms with E-state index in [2.05, 4.69) is 0 Å². The third kappa shape index (κ3) is 1.82. The van der Waals surface area contributed by atoms with Crippen LogP contribution in [0.15, 0.2) is 42.5 Å². The van der Waals surface area contributed by atoms with E-state index in [1.54, 1.807) is 13.2 Å². The van der Waals surface area contributed by atoms with E-state index in [1.807, 2.05) is 24.3 Å². The van der Waals surface area contributed by atoms with Gasteiger partial charge >= 0.3 is 0 Å². The first kappa shape index (κ1) is 11.1. The number of hydrogen-bond acceptors (Lipinski definition) is 2. The van der Waals surface area contributed by atoms with Crippen LogP contribution in [0.3, 0.4) is 0 Å². The molecule has 1 aliphatic rings. The summed E-state index contributed by atoms with van der Waals surface area (Å²) in [7, 11) is 1.58. The second-order valence-electron chi connectivity index (χ2n) is 4.30. The summed E-state index contributed by atoms with van der Waals surface area (Å²) < 4.78 is 24.5. The van der Waals surface area contributed by atoms with Gasteiger partial charge in [0.2, 0.25) is 0 Å². The van der Waals surface area contributed by atoms with Crippen molar-refractivity contribution in [3.63, 3.8) is 0 Å². The summed E-state index contributed by atoms with van der Waals surface area (Å²) in [5.41, 5.74) is 1.91. The van der Waals surface area contributed by atoms with Gasteiger partial charge in [0, 0.05) is 12.0 Å². The SMILES string of the molecule is COc1ccc(F)cc1C1Cc2ccccc2O1. The molecule has 2 aromatic carbocycles. The summed E-state index contributed by atoms with van der Waals surface area (Å²) >= 11 is 0. The zero-order valence-corrected chi connectivity index (χ0v) is 10.0. The fraction of sp³-hybridized carbons (Fsp3) is 0.200. The fourth-order valence-corrected chi connectivity index (χ4v) is 2.31. The average Bonchev–Trinajstić information content (AvgIpc) is 2.82. The van der Waals surface area contributed by atoms with Crippen LogP contribution in [0, 0.1) is 5.82 Å². The Morgan fingerprint density at radius 1 is 1.22 bits per heavy atom. The minimum Gasteiger partial charge on any atom is -0.496 e. The summed E-state index contributed by atoms with van der Waals surface area (Å²) in [6.45, 7) is 0. The molecule has 1 atom stereocenters. The minimum atomic E-state index is -0.273. The quantitative estimate of drug-likeness (QED) is 0.804. The number of benzene rings is 2. The van der Waals surface area contributed by atoms with Gasteiger partial charge in [0.25, 0.3) is 0 Å². The highest BCUT2D eigenvalue weighted by atomic mass is 19.1. The topological polar surface area (TPSA) is 18.5 Å². The van der Waals surface area contributed by atoms with Gasteiger partial charge in [-0.15, -0.1) is 0 Å². The lowest BCUT2D eigenvalue weighted by atomic mass is 10.0. The van der Waals surface area contributed by atoms with Gasteiger partial charge in [-0.1, -0.05) is 18.2 Å². The normalized spacial score (nSPS) is 17.1. The van der Waals surface area contributed by atoms with Gasteiger partial charge < -0.3 is 9.47 Å². The lowest BCUT2D eigenvalue weighted by Crippen LogP contribution is -2.06. The van der Waals surface area contributed by atoms with Crippen LogP contribution in [-0.4, -0.2) is 7.11 Å². The molecular weight excluding hydrogens is 231 g/mol. The molecule has 0 bridgehead atoms. The number of ether oxygens (including phenoxy) is 2. The molecule has 2 aromatic rings. The van der Waals surface area contributed by atoms with Gasteiger partial charge in [-0.05, 0) is 29.8 Å². The van der Waals surface area contributed by atoms with Crippen molar-refractivity contribution in [2.24, 2.45) is 0 Å². The zero-order valence-electron chi connectivity index (χ0n) is 10.0. The van der Waals surface area contributed by atoms with E-state index < -0.39 is 0 Å². The summed E-state index contributed by atoms with van der Waals surface area (Å²) in [6.07, 6.45) is 0.573. The molecule has 0 aromatic heterocycles. The number of hydrogen-bond donors (Lipinski definition) is 0. The summed E-state index contributed by atoms with van der Waals surface area (Å²) in [6, 6.07) is 12.4. The fourth-order valence-electron chi connectivity index (χ4n) is 2.31. The van der Waals surface area contributed by atoms with Gasteiger partial charge in [0.1, 0.15) is 23.4 Å². The molecular formula is C15H13FO2. The molecule has 2 nitrogen and oxygen atoms in total. The van der Waals surface area contributed by atoms with Gasteiger partial charge in [-0.25, -0.2) is 4.39 Å². The number of rotatable bonds is 2. The van der Waals surface area contributed by atoms with Crippen molar-refractivity contribution < 1.29 is 13.9 Å². The first-order valence-corrected chi connectivity index (χ1v) is 5.86. The summed E-state index contributed by atoms with van der Waals surface area (Å²) in [4.78, 5) is 0. The van der Waals surface area contributed by atoms with Crippen LogP contribution < -0.4 is 9.47 Å². The van der Waals surface area contributed by atoms with Crippen molar-refractivity contribution >= 4 is 0 Å². The third-order valence-electron chi connectivity index (χ3n) is 3.19. The molecule has 0 fully saturated rings. The number of para-hydroxylation sites is 1. The van der Waals surface area contributed by atoms with Crippen LogP contribution in [0.25, 0.3) is 0 Å². The van der Waals surface area contributed by atoms with Crippen LogP contribution >= 0.6 is 0 Å². The Labute approximate surface area is 105 Å². The van der Waals surface area contributed by atoms with Gasteiger partial charge in [0.15, 0.2) is 0 Å². The van der Waals surface area contributed by atoms with Crippen LogP contribution in [0.2, 0.25) is 0 Å². The molecule has 1 unspecified atom stereocenters. The van der Waals surface area contributed by atoms with E-state index >= 15 is 0 Å². The van der Waals surface area contributed by atoms with Crippen molar-refractivity contribution in [3.05, 3.63) is 59.4 Å². The molecule has 0 amide bonds. The summed E-state index contributed by atoms with van der Waals surface area (Å²) in [5, 5.41) is 0. The molecule has 0 spiro atoms. The lowest BCUT2D eigenvalue weighted by Gasteiger charge is -2.14. The van der Waals surface area contributed by atoms with Crippen molar-refractivity contribution in [2.75, 3.05) is 7.11 Å². The smallest absolute Gasteiger partial charge is 0.132 e. The maximum Gasteiger partial charge on any atom is 0.132 e. The van der Waals surface area contributed by atoms with Gasteiger partial charge in [-0.3, -0.25) is 0 Å². The first-order valence-electron chi connectivity index (χ1n) is 5.86. The second-order valence-corrected chi connectivity index (χ2v) is 4.30. The number of methoxy groups -OCH3 is 1. The highest BCUT2D eigenvalue weighted by Gasteiger charge is 2.26. The Morgan fingerprint density at radius 3 is 2.83 bits per heavy atom. The Kier molecular flexibility index (Phi) is 2.67. The first-order chi connectivity index (χ1) is 8.78. The van der Waals surface area contributed by atoms with Crippen molar-refractivity contribution in [1.82, 2.24) is 0 Å². The lowest BCUT2D eigenvalue weighted by molar-refractivity contribution is 0.231. The maximum atomic E-state index is 13.4. The van der Waals surface area contributed by atoms with Crippen molar-refractivity contribution in [2.45, 2.75) is 12.5 Å². The minimum absolute atomic E-state index is 0.173. The Hall–Kier alpha value is -2.03. The molecule has 0 aliphatic carbocycles. The molecule has 0 saturated carbocycles. The van der Waals surface area contributed by atoms with Crippen LogP contribution in [0.4, 0.5) is 4.39 Å². The molecule has 18 heavy (non-hydrogen) atoms. The molecule has 92 valence electrons. The maximum absolute atomic E-state index is 13.4. The van der Waals surface area contributed by atoms with Crippen LogP contribution in [0.1, 0.15) is 17.2 Å². The van der Waals surface area contributed by atoms with E-state index in [0.717, 1.165) is 23.3 Å². The molecule has 3 heteroatoms. The number of fused-ring (bicyclic) bond motifs is 1. The van der Waals surface area contributed by atoms with Crippen molar-refractivity contribution in [3.8, 4) is 11.5 Å². The Morgan fingerprint density at radius 2 is 2.06 bits per heavy atom. The second kappa shape index (κ2) is 4.33. The zero-order chi connectivity index (χ0) is 12.5. The molecule has 3 rings (SSSR count). The summed E-state index contributed by atoms with van der Waals surface area (Å²) in [5.74, 6) is 1.26. The van der Waals surface area contributed by atoms with Gasteiger partial charge in [0.05, 0.1) is 7.11 Å². The van der Waals surface area contributed by atoms with Crippen molar-refractivity contribution in [1.29, 1.82) is 0 Å². The van der Waals surface area contributed by atoms with Gasteiger partial charge in [-0.2, -0.15) is 0 Å². The molecule has 0 N–H and O–H groups in total. The Balaban J connectivity index is 1.97. The molecule has 1 aliphatic heterocycles. The molecule has 1 heterocycles. The van der Waals surface area contributed by atoms with Crippen LogP contribution in [-0.2, 0) is 6.42 Å². The highest BCUT2D eigenvalue weighted by Crippen LogP contribution is 2.39. The largest absolute Gasteiger partial charge is 0.496 e. The molecule has 0 saturated heterocycles. The van der Waals surface area contributed by atoms with E-state index in [-0.39, 0.29) is 11.9 Å². The predicted molar refractivity (Wildman–Crippen MR) is 66.5 cm³/mol. The molecule has 0 radical (unpaired) electrons. The van der Waals surface area contributed by atoms with E-state index in [9.17, 15) is 4.39 Å². The third-order valence-corrected chi connectivity index (χ3v) is 3.19. The van der Waals surface area contributed by atoms with E-state index in [4.69, 9.17) is 9.47 Å². The monoisotopic (exact) mass is 244 g/mol. The van der Waals surface area contributed by atoms with Crippen LogP contribution in [0.5, 0.6) is 11.5 Å². The van der Waals surface area contributed by atoms with E-state index in [0.29, 0.717) is 5.75 Å². The Bertz CT molecular complexity index is 555.